The van der Waals surface area contributed by atoms with Crippen LogP contribution in [-0.4, -0.2) is 21.9 Å². The van der Waals surface area contributed by atoms with Crippen molar-refractivity contribution in [2.24, 2.45) is 0 Å². The Bertz CT molecular complexity index is 1120. The molecule has 0 saturated heterocycles. The highest BCUT2D eigenvalue weighted by Gasteiger charge is 2.22. The van der Waals surface area contributed by atoms with Gasteiger partial charge in [-0.3, -0.25) is 4.79 Å². The van der Waals surface area contributed by atoms with Gasteiger partial charge in [-0.05, 0) is 48.9 Å². The van der Waals surface area contributed by atoms with Crippen molar-refractivity contribution in [2.75, 3.05) is 7.11 Å². The van der Waals surface area contributed by atoms with E-state index in [1.165, 1.54) is 4.68 Å². The minimum Gasteiger partial charge on any atom is -0.497 e. The van der Waals surface area contributed by atoms with Gasteiger partial charge in [-0.1, -0.05) is 23.7 Å². The Hall–Kier alpha value is -2.76. The van der Waals surface area contributed by atoms with Crippen LogP contribution in [0, 0.1) is 6.92 Å². The lowest BCUT2D eigenvalue weighted by atomic mass is 9.99. The number of halogens is 2. The minimum absolute atomic E-state index is 0. The number of hydrogen-bond donors (Lipinski definition) is 1. The van der Waals surface area contributed by atoms with Gasteiger partial charge in [0.1, 0.15) is 11.4 Å². The molecule has 0 amide bonds. The maximum atomic E-state index is 12.9. The molecule has 27 heavy (non-hydrogen) atoms. The highest BCUT2D eigenvalue weighted by Crippen LogP contribution is 2.34. The van der Waals surface area contributed by atoms with Crippen molar-refractivity contribution in [2.45, 2.75) is 6.92 Å². The number of hydrogen-bond acceptors (Lipinski definition) is 3. The fraction of sp³-hybridized carbons (Fsp3) is 0.100. The first-order valence-corrected chi connectivity index (χ1v) is 8.47. The van der Waals surface area contributed by atoms with Crippen molar-refractivity contribution in [3.05, 3.63) is 75.8 Å². The topological polar surface area (TPSA) is 59.9 Å². The van der Waals surface area contributed by atoms with Gasteiger partial charge in [0.2, 0.25) is 0 Å². The first-order valence-electron chi connectivity index (χ1n) is 8.10. The first kappa shape index (κ1) is 19.0. The van der Waals surface area contributed by atoms with Crippen LogP contribution in [0.25, 0.3) is 28.1 Å². The Balaban J connectivity index is 0.00000210. The maximum absolute atomic E-state index is 12.9. The summed E-state index contributed by atoms with van der Waals surface area (Å²) in [7, 11) is 1.63. The third-order valence-electron chi connectivity index (χ3n) is 4.35. The Labute approximate surface area is 167 Å². The van der Waals surface area contributed by atoms with Gasteiger partial charge in [-0.2, -0.15) is 9.78 Å². The van der Waals surface area contributed by atoms with Crippen LogP contribution in [0.5, 0.6) is 5.75 Å². The van der Waals surface area contributed by atoms with Crippen LogP contribution in [0.2, 0.25) is 5.02 Å². The molecule has 138 valence electrons. The van der Waals surface area contributed by atoms with E-state index >= 15 is 0 Å². The van der Waals surface area contributed by atoms with Gasteiger partial charge in [0.15, 0.2) is 0 Å². The fourth-order valence-electron chi connectivity index (χ4n) is 3.05. The normalized spacial score (nSPS) is 10.6. The summed E-state index contributed by atoms with van der Waals surface area (Å²) in [4.78, 5) is 16.0. The van der Waals surface area contributed by atoms with Crippen LogP contribution in [0.3, 0.4) is 0 Å². The quantitative estimate of drug-likeness (QED) is 0.539. The molecule has 0 fully saturated rings. The largest absolute Gasteiger partial charge is 0.497 e. The number of pyridine rings is 1. The number of methoxy groups -OCH3 is 1. The number of nitrogens with zero attached hydrogens (tertiary/aromatic N) is 2. The zero-order chi connectivity index (χ0) is 18.3. The van der Waals surface area contributed by atoms with Gasteiger partial charge in [0.25, 0.3) is 5.56 Å². The minimum atomic E-state index is -0.178. The van der Waals surface area contributed by atoms with E-state index in [1.807, 2.05) is 31.2 Å². The molecule has 2 aliphatic rings. The zero-order valence-corrected chi connectivity index (χ0v) is 16.3. The molecule has 0 spiro atoms. The Morgan fingerprint density at radius 1 is 1.15 bits per heavy atom. The number of nitrogens with one attached hydrogen (secondary N) is 1. The lowest BCUT2D eigenvalue weighted by Gasteiger charge is -2.11. The van der Waals surface area contributed by atoms with Gasteiger partial charge in [-0.15, -0.1) is 12.4 Å². The highest BCUT2D eigenvalue weighted by atomic mass is 35.5. The molecular formula is C20H17Cl2N3O2. The molecule has 0 unspecified atom stereocenters. The summed E-state index contributed by atoms with van der Waals surface area (Å²) in [5.41, 5.74) is 4.41. The van der Waals surface area contributed by atoms with Gasteiger partial charge in [0, 0.05) is 22.5 Å². The van der Waals surface area contributed by atoms with Crippen LogP contribution in [0.1, 0.15) is 5.69 Å². The van der Waals surface area contributed by atoms with Crippen molar-refractivity contribution in [1.82, 2.24) is 14.8 Å². The predicted octanol–water partition coefficient (Wildman–Crippen LogP) is 4.72. The predicted molar refractivity (Wildman–Crippen MR) is 110 cm³/mol. The summed E-state index contributed by atoms with van der Waals surface area (Å²) in [5, 5.41) is 5.22. The molecule has 5 nitrogen and oxygen atoms in total. The molecule has 2 aromatic rings. The van der Waals surface area contributed by atoms with Crippen molar-refractivity contribution < 1.29 is 4.74 Å². The monoisotopic (exact) mass is 401 g/mol. The number of aryl methyl sites for hydroxylation is 1. The van der Waals surface area contributed by atoms with E-state index in [9.17, 15) is 4.79 Å². The number of aromatic nitrogens is 3. The molecule has 0 aromatic heterocycles. The number of H-pyrrole nitrogens is 1. The van der Waals surface area contributed by atoms with Crippen LogP contribution < -0.4 is 10.3 Å². The second-order valence-electron chi connectivity index (χ2n) is 5.98. The fourth-order valence-corrected chi connectivity index (χ4v) is 3.17. The second kappa shape index (κ2) is 7.47. The number of fused-ring (bicyclic) bond motifs is 1. The average Bonchev–Trinajstić information content (AvgIpc) is 2.99. The molecule has 1 N–H and O–H groups in total. The maximum Gasteiger partial charge on any atom is 0.282 e. The lowest BCUT2D eigenvalue weighted by Crippen LogP contribution is -2.14. The summed E-state index contributed by atoms with van der Waals surface area (Å²) in [6.07, 6.45) is 1.70. The highest BCUT2D eigenvalue weighted by molar-refractivity contribution is 6.30. The van der Waals surface area contributed by atoms with Gasteiger partial charge in [0.05, 0.1) is 18.4 Å². The van der Waals surface area contributed by atoms with Crippen molar-refractivity contribution in [3.8, 4) is 33.8 Å². The summed E-state index contributed by atoms with van der Waals surface area (Å²) in [5.74, 6) is 0.749. The number of aromatic amines is 1. The molecule has 2 aliphatic heterocycles. The van der Waals surface area contributed by atoms with Gasteiger partial charge >= 0.3 is 0 Å². The van der Waals surface area contributed by atoms with Crippen LogP contribution >= 0.6 is 24.0 Å². The van der Waals surface area contributed by atoms with Gasteiger partial charge < -0.3 is 9.72 Å². The summed E-state index contributed by atoms with van der Waals surface area (Å²) in [6, 6.07) is 14.7. The summed E-state index contributed by atoms with van der Waals surface area (Å²) < 4.78 is 6.73. The van der Waals surface area contributed by atoms with Crippen molar-refractivity contribution in [3.63, 3.8) is 0 Å². The third kappa shape index (κ3) is 3.31. The zero-order valence-electron chi connectivity index (χ0n) is 14.7. The molecule has 4 rings (SSSR count). The van der Waals surface area contributed by atoms with E-state index in [-0.39, 0.29) is 18.0 Å². The van der Waals surface area contributed by atoms with Crippen molar-refractivity contribution in [1.29, 1.82) is 0 Å². The molecule has 2 heterocycles. The number of benzene rings is 2. The summed E-state index contributed by atoms with van der Waals surface area (Å²) in [6.45, 7) is 1.96. The molecule has 0 atom stereocenters. The number of rotatable bonds is 3. The molecule has 7 heteroatoms. The SMILES string of the molecule is COc1cccc(-c2c3nn(-c4ccc(Cl)cc4)c(=O)c-3c[nH]c2C)c1.Cl. The van der Waals surface area contributed by atoms with Crippen LogP contribution in [0.15, 0.2) is 59.5 Å². The van der Waals surface area contributed by atoms with E-state index in [4.69, 9.17) is 16.3 Å². The van der Waals surface area contributed by atoms with E-state index in [0.29, 0.717) is 22.0 Å². The van der Waals surface area contributed by atoms with E-state index in [2.05, 4.69) is 10.1 Å². The number of ether oxygens (including phenoxy) is 1. The molecule has 0 bridgehead atoms. The van der Waals surface area contributed by atoms with E-state index in [1.54, 1.807) is 37.6 Å². The van der Waals surface area contributed by atoms with Gasteiger partial charge in [-0.25, -0.2) is 0 Å². The molecule has 0 aliphatic carbocycles. The van der Waals surface area contributed by atoms with Crippen LogP contribution in [-0.2, 0) is 0 Å². The van der Waals surface area contributed by atoms with Crippen LogP contribution in [0.4, 0.5) is 0 Å². The molecular weight excluding hydrogens is 385 g/mol. The van der Waals surface area contributed by atoms with E-state index in [0.717, 1.165) is 22.6 Å². The molecule has 0 saturated carbocycles. The second-order valence-corrected chi connectivity index (χ2v) is 6.41. The first-order chi connectivity index (χ1) is 12.6. The summed E-state index contributed by atoms with van der Waals surface area (Å²) >= 11 is 5.95. The Kier molecular flexibility index (Phi) is 5.26. The lowest BCUT2D eigenvalue weighted by molar-refractivity contribution is 0.415. The Morgan fingerprint density at radius 3 is 2.59 bits per heavy atom. The van der Waals surface area contributed by atoms with Crippen molar-refractivity contribution >= 4 is 24.0 Å². The third-order valence-corrected chi connectivity index (χ3v) is 4.60. The molecule has 2 aromatic carbocycles. The molecule has 0 radical (unpaired) electrons. The smallest absolute Gasteiger partial charge is 0.282 e. The standard InChI is InChI=1S/C20H16ClN3O2.ClH/c1-12-18(13-4-3-5-16(10-13)26-2)19-17(11-22-12)20(25)24(23-19)15-8-6-14(21)7-9-15;/h3-11,22H,1-2H3;1H. The Morgan fingerprint density at radius 2 is 1.89 bits per heavy atom. The average molecular weight is 402 g/mol. The van der Waals surface area contributed by atoms with E-state index < -0.39 is 0 Å².